The van der Waals surface area contributed by atoms with Crippen LogP contribution in [0.15, 0.2) is 17.8 Å². The molecule has 2 heterocycles. The number of carbonyl (C=O) groups is 3. The number of fused-ring (bicyclic) bond motifs is 1. The van der Waals surface area contributed by atoms with E-state index >= 15 is 0 Å². The maximum absolute atomic E-state index is 11.6. The molecule has 0 radical (unpaired) electrons. The van der Waals surface area contributed by atoms with Gasteiger partial charge < -0.3 is 10.5 Å². The molecule has 0 spiro atoms. The zero-order valence-corrected chi connectivity index (χ0v) is 11.3. The van der Waals surface area contributed by atoms with Crippen LogP contribution < -0.4 is 11.1 Å². The minimum Gasteiger partial charge on any atom is -0.452 e. The number of hydrogen-bond acceptors (Lipinski definition) is 6. The van der Waals surface area contributed by atoms with Gasteiger partial charge in [0.15, 0.2) is 11.1 Å². The summed E-state index contributed by atoms with van der Waals surface area (Å²) in [6.07, 6.45) is 2.38. The van der Waals surface area contributed by atoms with Crippen LogP contribution >= 0.6 is 11.3 Å². The second-order valence-corrected chi connectivity index (χ2v) is 4.86. The van der Waals surface area contributed by atoms with Crippen molar-refractivity contribution >= 4 is 34.2 Å². The predicted molar refractivity (Wildman–Crippen MR) is 70.1 cm³/mol. The van der Waals surface area contributed by atoms with Crippen LogP contribution in [0.25, 0.3) is 4.96 Å². The average Bonchev–Trinajstić information content (AvgIpc) is 2.87. The largest absolute Gasteiger partial charge is 0.452 e. The first-order chi connectivity index (χ1) is 9.45. The number of thiazole rings is 1. The van der Waals surface area contributed by atoms with Crippen LogP contribution in [0, 0.1) is 0 Å². The highest BCUT2D eigenvalue weighted by Gasteiger charge is 2.19. The van der Waals surface area contributed by atoms with E-state index in [1.165, 1.54) is 18.3 Å². The molecule has 0 unspecified atom stereocenters. The first-order valence-electron chi connectivity index (χ1n) is 5.66. The third kappa shape index (κ3) is 3.32. The molecule has 3 N–H and O–H groups in total. The van der Waals surface area contributed by atoms with Gasteiger partial charge in [0.25, 0.3) is 5.91 Å². The first kappa shape index (κ1) is 14.0. The lowest BCUT2D eigenvalue weighted by molar-refractivity contribution is -0.153. The molecule has 2 rings (SSSR count). The Morgan fingerprint density at radius 1 is 1.55 bits per heavy atom. The van der Waals surface area contributed by atoms with Crippen molar-refractivity contribution in [3.8, 4) is 0 Å². The predicted octanol–water partition coefficient (Wildman–Crippen LogP) is 0.0649. The van der Waals surface area contributed by atoms with Gasteiger partial charge in [0.2, 0.25) is 0 Å². The molecule has 20 heavy (non-hydrogen) atoms. The Balaban J connectivity index is 1.90. The van der Waals surface area contributed by atoms with Crippen LogP contribution in [0.4, 0.5) is 4.79 Å². The normalized spacial score (nSPS) is 12.1. The highest BCUT2D eigenvalue weighted by Crippen LogP contribution is 2.12. The standard InChI is InChI=1S/C11H12N4O4S/c1-6(9(17)14-10(12)18)19-8(16)4-7-5-15-2-3-20-11(15)13-7/h2-3,5-6H,4H2,1H3,(H3,12,14,17,18)/t6-/m1/s1. The smallest absolute Gasteiger partial charge is 0.318 e. The van der Waals surface area contributed by atoms with Crippen LogP contribution in [-0.4, -0.2) is 33.4 Å². The molecule has 0 bridgehead atoms. The van der Waals surface area contributed by atoms with Gasteiger partial charge in [-0.3, -0.25) is 19.3 Å². The van der Waals surface area contributed by atoms with Crippen molar-refractivity contribution in [1.29, 1.82) is 0 Å². The van der Waals surface area contributed by atoms with E-state index in [4.69, 9.17) is 10.5 Å². The van der Waals surface area contributed by atoms with Crippen LogP contribution in [0.5, 0.6) is 0 Å². The van der Waals surface area contributed by atoms with Crippen molar-refractivity contribution in [2.45, 2.75) is 19.4 Å². The molecule has 0 aromatic carbocycles. The van der Waals surface area contributed by atoms with Crippen molar-refractivity contribution in [3.63, 3.8) is 0 Å². The third-order valence-electron chi connectivity index (χ3n) is 2.39. The number of primary amides is 1. The fourth-order valence-corrected chi connectivity index (χ4v) is 2.24. The van der Waals surface area contributed by atoms with E-state index in [2.05, 4.69) is 4.98 Å². The molecule has 1 atom stereocenters. The first-order valence-corrected chi connectivity index (χ1v) is 6.54. The van der Waals surface area contributed by atoms with E-state index in [0.717, 1.165) is 4.96 Å². The number of amides is 3. The van der Waals surface area contributed by atoms with Gasteiger partial charge in [-0.2, -0.15) is 0 Å². The number of nitrogens with two attached hydrogens (primary N) is 1. The molecule has 3 amide bonds. The Morgan fingerprint density at radius 3 is 2.95 bits per heavy atom. The molecule has 0 aliphatic rings. The topological polar surface area (TPSA) is 116 Å². The Morgan fingerprint density at radius 2 is 2.30 bits per heavy atom. The number of hydrogen-bond donors (Lipinski definition) is 2. The summed E-state index contributed by atoms with van der Waals surface area (Å²) in [5.74, 6) is -1.38. The molecule has 8 nitrogen and oxygen atoms in total. The monoisotopic (exact) mass is 296 g/mol. The lowest BCUT2D eigenvalue weighted by Crippen LogP contribution is -2.42. The van der Waals surface area contributed by atoms with Gasteiger partial charge in [-0.1, -0.05) is 0 Å². The number of carbonyl (C=O) groups excluding carboxylic acids is 3. The highest BCUT2D eigenvalue weighted by atomic mass is 32.1. The van der Waals surface area contributed by atoms with E-state index in [1.807, 2.05) is 16.9 Å². The summed E-state index contributed by atoms with van der Waals surface area (Å²) in [5.41, 5.74) is 5.34. The minimum atomic E-state index is -1.10. The van der Waals surface area contributed by atoms with Crippen LogP contribution in [0.1, 0.15) is 12.6 Å². The zero-order chi connectivity index (χ0) is 14.7. The van der Waals surface area contributed by atoms with Gasteiger partial charge in [0, 0.05) is 17.8 Å². The Kier molecular flexibility index (Phi) is 3.99. The molecular weight excluding hydrogens is 284 g/mol. The number of nitrogens with zero attached hydrogens (tertiary/aromatic N) is 2. The SMILES string of the molecule is C[C@@H](OC(=O)Cc1cn2ccsc2n1)C(=O)NC(N)=O. The number of urea groups is 1. The lowest BCUT2D eigenvalue weighted by Gasteiger charge is -2.11. The van der Waals surface area contributed by atoms with E-state index in [-0.39, 0.29) is 6.42 Å². The number of esters is 1. The fraction of sp³-hybridized carbons (Fsp3) is 0.273. The molecule has 9 heteroatoms. The number of imidazole rings is 1. The molecule has 0 aliphatic heterocycles. The van der Waals surface area contributed by atoms with Gasteiger partial charge in [0.1, 0.15) is 0 Å². The summed E-state index contributed by atoms with van der Waals surface area (Å²) in [4.78, 5) is 38.5. The second-order valence-electron chi connectivity index (χ2n) is 3.99. The van der Waals surface area contributed by atoms with E-state index in [9.17, 15) is 14.4 Å². The minimum absolute atomic E-state index is 0.0530. The van der Waals surface area contributed by atoms with Gasteiger partial charge in [-0.05, 0) is 6.92 Å². The molecule has 2 aromatic rings. The summed E-state index contributed by atoms with van der Waals surface area (Å²) >= 11 is 1.45. The van der Waals surface area contributed by atoms with Crippen LogP contribution in [-0.2, 0) is 20.7 Å². The summed E-state index contributed by atoms with van der Waals surface area (Å²) in [5, 5.41) is 3.71. The molecule has 0 saturated heterocycles. The summed E-state index contributed by atoms with van der Waals surface area (Å²) in [7, 11) is 0. The van der Waals surface area contributed by atoms with Crippen molar-refractivity contribution < 1.29 is 19.1 Å². The van der Waals surface area contributed by atoms with Gasteiger partial charge in [-0.25, -0.2) is 9.78 Å². The fourth-order valence-electron chi connectivity index (χ4n) is 1.52. The molecule has 0 aliphatic carbocycles. The third-order valence-corrected chi connectivity index (χ3v) is 3.16. The summed E-state index contributed by atoms with van der Waals surface area (Å²) < 4.78 is 6.67. The van der Waals surface area contributed by atoms with Crippen LogP contribution in [0.2, 0.25) is 0 Å². The van der Waals surface area contributed by atoms with E-state index < -0.39 is 24.0 Å². The number of ether oxygens (including phenoxy) is 1. The Hall–Kier alpha value is -2.42. The molecule has 2 aromatic heterocycles. The van der Waals surface area contributed by atoms with Crippen LogP contribution in [0.3, 0.4) is 0 Å². The average molecular weight is 296 g/mol. The number of nitrogens with one attached hydrogen (secondary N) is 1. The molecule has 0 fully saturated rings. The summed E-state index contributed by atoms with van der Waals surface area (Å²) in [6, 6.07) is -0.993. The van der Waals surface area contributed by atoms with Crippen molar-refractivity contribution in [2.24, 2.45) is 5.73 Å². The number of aromatic nitrogens is 2. The number of rotatable bonds is 4. The Bertz CT molecular complexity index is 634. The maximum atomic E-state index is 11.6. The van der Waals surface area contributed by atoms with E-state index in [1.54, 1.807) is 10.6 Å². The van der Waals surface area contributed by atoms with E-state index in [0.29, 0.717) is 5.69 Å². The zero-order valence-electron chi connectivity index (χ0n) is 10.5. The highest BCUT2D eigenvalue weighted by molar-refractivity contribution is 7.15. The van der Waals surface area contributed by atoms with Gasteiger partial charge >= 0.3 is 12.0 Å². The molecule has 106 valence electrons. The Labute approximate surface area is 117 Å². The molecular formula is C11H12N4O4S. The van der Waals surface area contributed by atoms with Crippen molar-refractivity contribution in [3.05, 3.63) is 23.5 Å². The maximum Gasteiger partial charge on any atom is 0.318 e. The second kappa shape index (κ2) is 5.70. The van der Waals surface area contributed by atoms with Gasteiger partial charge in [-0.15, -0.1) is 11.3 Å². The summed E-state index contributed by atoms with van der Waals surface area (Å²) in [6.45, 7) is 1.35. The quantitative estimate of drug-likeness (QED) is 0.774. The van der Waals surface area contributed by atoms with Crippen molar-refractivity contribution in [2.75, 3.05) is 0 Å². The van der Waals surface area contributed by atoms with Gasteiger partial charge in [0.05, 0.1) is 12.1 Å². The lowest BCUT2D eigenvalue weighted by atomic mass is 10.3. The van der Waals surface area contributed by atoms with Crippen molar-refractivity contribution in [1.82, 2.24) is 14.7 Å². The number of imide groups is 1. The molecule has 0 saturated carbocycles.